The van der Waals surface area contributed by atoms with Crippen molar-refractivity contribution in [2.45, 2.75) is 26.2 Å². The van der Waals surface area contributed by atoms with Crippen LogP contribution in [-0.4, -0.2) is 29.9 Å². The monoisotopic (exact) mass is 288 g/mol. The highest BCUT2D eigenvalue weighted by atomic mass is 16.5. The first-order valence-electron chi connectivity index (χ1n) is 7.14. The molecule has 0 fully saturated rings. The van der Waals surface area contributed by atoms with Crippen molar-refractivity contribution < 1.29 is 14.3 Å². The van der Waals surface area contributed by atoms with Crippen LogP contribution in [-0.2, 0) is 4.79 Å². The van der Waals surface area contributed by atoms with Gasteiger partial charge in [0.25, 0.3) is 11.8 Å². The summed E-state index contributed by atoms with van der Waals surface area (Å²) in [5.74, 6) is -0.330. The Kier molecular flexibility index (Phi) is 4.98. The van der Waals surface area contributed by atoms with Crippen molar-refractivity contribution in [3.8, 4) is 5.75 Å². The molecule has 0 radical (unpaired) electrons. The summed E-state index contributed by atoms with van der Waals surface area (Å²) in [5.41, 5.74) is 6.63. The molecule has 0 aliphatic heterocycles. The Morgan fingerprint density at radius 1 is 1.33 bits per heavy atom. The Labute approximate surface area is 124 Å². The number of rotatable bonds is 6. The molecule has 0 heterocycles. The predicted molar refractivity (Wildman–Crippen MR) is 79.8 cm³/mol. The number of likely N-dealkylation sites (N-methyl/N-ethyl adjacent to an activating group) is 1. The number of allylic oxidation sites excluding steroid dienone is 2. The smallest absolute Gasteiger partial charge is 0.264 e. The van der Waals surface area contributed by atoms with Gasteiger partial charge < -0.3 is 15.4 Å². The van der Waals surface area contributed by atoms with Gasteiger partial charge in [-0.2, -0.15) is 0 Å². The van der Waals surface area contributed by atoms with E-state index in [0.717, 1.165) is 25.0 Å². The topological polar surface area (TPSA) is 72.6 Å². The second-order valence-electron chi connectivity index (χ2n) is 4.87. The number of carbonyl (C=O) groups is 2. The predicted octanol–water partition coefficient (Wildman–Crippen LogP) is 2.08. The molecule has 5 nitrogen and oxygen atoms in total. The number of hydrogen-bond acceptors (Lipinski definition) is 3. The Morgan fingerprint density at radius 3 is 2.71 bits per heavy atom. The lowest BCUT2D eigenvalue weighted by atomic mass is 10.2. The fraction of sp³-hybridized carbons (Fsp3) is 0.375. The molecule has 1 aliphatic rings. The third-order valence-electron chi connectivity index (χ3n) is 3.48. The minimum absolute atomic E-state index is 0.102. The number of amides is 2. The van der Waals surface area contributed by atoms with Crippen LogP contribution < -0.4 is 10.5 Å². The molecule has 1 aliphatic carbocycles. The fourth-order valence-electron chi connectivity index (χ4n) is 2.45. The standard InChI is InChI=1S/C16H20N2O3/c1-2-18(12-7-3-4-8-12)15(19)11-21-14-10-6-5-9-13(14)16(17)20/h5-7,9-10H,2-4,8,11H2,1H3,(H2,17,20). The molecule has 21 heavy (non-hydrogen) atoms. The molecule has 0 saturated carbocycles. The van der Waals surface area contributed by atoms with Gasteiger partial charge in [-0.25, -0.2) is 0 Å². The Morgan fingerprint density at radius 2 is 2.10 bits per heavy atom. The highest BCUT2D eigenvalue weighted by Gasteiger charge is 2.19. The van der Waals surface area contributed by atoms with E-state index >= 15 is 0 Å². The summed E-state index contributed by atoms with van der Waals surface area (Å²) in [7, 11) is 0. The maximum atomic E-state index is 12.3. The number of primary amides is 1. The second kappa shape index (κ2) is 6.92. The molecule has 2 rings (SSSR count). The maximum Gasteiger partial charge on any atom is 0.264 e. The molecule has 0 saturated heterocycles. The number of benzene rings is 1. The lowest BCUT2D eigenvalue weighted by molar-refractivity contribution is -0.131. The van der Waals surface area contributed by atoms with Crippen molar-refractivity contribution in [1.82, 2.24) is 4.90 Å². The summed E-state index contributed by atoms with van der Waals surface area (Å²) >= 11 is 0. The summed E-state index contributed by atoms with van der Waals surface area (Å²) < 4.78 is 5.48. The molecule has 0 atom stereocenters. The van der Waals surface area contributed by atoms with Crippen LogP contribution in [0.2, 0.25) is 0 Å². The number of para-hydroxylation sites is 1. The molecule has 112 valence electrons. The molecule has 0 aromatic heterocycles. The van der Waals surface area contributed by atoms with E-state index in [-0.39, 0.29) is 18.1 Å². The van der Waals surface area contributed by atoms with Gasteiger partial charge in [0.15, 0.2) is 6.61 Å². The fourth-order valence-corrected chi connectivity index (χ4v) is 2.45. The molecule has 0 unspecified atom stereocenters. The first-order valence-corrected chi connectivity index (χ1v) is 7.14. The zero-order valence-corrected chi connectivity index (χ0v) is 12.2. The van der Waals surface area contributed by atoms with Crippen LogP contribution in [0.4, 0.5) is 0 Å². The zero-order valence-electron chi connectivity index (χ0n) is 12.2. The van der Waals surface area contributed by atoms with Gasteiger partial charge in [-0.15, -0.1) is 0 Å². The van der Waals surface area contributed by atoms with E-state index in [2.05, 4.69) is 6.08 Å². The summed E-state index contributed by atoms with van der Waals surface area (Å²) in [5, 5.41) is 0. The lowest BCUT2D eigenvalue weighted by Crippen LogP contribution is -2.34. The molecular weight excluding hydrogens is 268 g/mol. The largest absolute Gasteiger partial charge is 0.483 e. The van der Waals surface area contributed by atoms with E-state index in [9.17, 15) is 9.59 Å². The molecule has 2 amide bonds. The normalized spacial score (nSPS) is 13.7. The van der Waals surface area contributed by atoms with Crippen LogP contribution in [0, 0.1) is 0 Å². The van der Waals surface area contributed by atoms with E-state index in [0.29, 0.717) is 12.3 Å². The first kappa shape index (κ1) is 15.1. The Hall–Kier alpha value is -2.30. The van der Waals surface area contributed by atoms with Crippen molar-refractivity contribution in [3.63, 3.8) is 0 Å². The Bertz CT molecular complexity index is 566. The average molecular weight is 288 g/mol. The van der Waals surface area contributed by atoms with Crippen molar-refractivity contribution in [2.75, 3.05) is 13.2 Å². The average Bonchev–Trinajstić information content (AvgIpc) is 3.00. The van der Waals surface area contributed by atoms with Crippen molar-refractivity contribution >= 4 is 11.8 Å². The van der Waals surface area contributed by atoms with E-state index in [1.54, 1.807) is 29.2 Å². The molecule has 5 heteroatoms. The molecular formula is C16H20N2O3. The minimum Gasteiger partial charge on any atom is -0.483 e. The van der Waals surface area contributed by atoms with Gasteiger partial charge in [-0.1, -0.05) is 18.2 Å². The van der Waals surface area contributed by atoms with Crippen LogP contribution in [0.15, 0.2) is 36.0 Å². The highest BCUT2D eigenvalue weighted by molar-refractivity contribution is 5.95. The molecule has 1 aromatic rings. The van der Waals surface area contributed by atoms with Gasteiger partial charge in [-0.3, -0.25) is 9.59 Å². The maximum absolute atomic E-state index is 12.3. The van der Waals surface area contributed by atoms with Crippen LogP contribution in [0.5, 0.6) is 5.75 Å². The molecule has 0 spiro atoms. The third kappa shape index (κ3) is 3.62. The van der Waals surface area contributed by atoms with Crippen LogP contribution in [0.3, 0.4) is 0 Å². The number of hydrogen-bond donors (Lipinski definition) is 1. The minimum atomic E-state index is -0.566. The van der Waals surface area contributed by atoms with Crippen LogP contribution in [0.1, 0.15) is 36.5 Å². The third-order valence-corrected chi connectivity index (χ3v) is 3.48. The number of nitrogens with zero attached hydrogens (tertiary/aromatic N) is 1. The number of carbonyl (C=O) groups excluding carboxylic acids is 2. The van der Waals surface area contributed by atoms with E-state index in [4.69, 9.17) is 10.5 Å². The quantitative estimate of drug-likeness (QED) is 0.871. The van der Waals surface area contributed by atoms with Gasteiger partial charge in [0.2, 0.25) is 0 Å². The van der Waals surface area contributed by atoms with Crippen LogP contribution >= 0.6 is 0 Å². The van der Waals surface area contributed by atoms with Gasteiger partial charge in [0.05, 0.1) is 5.56 Å². The first-order chi connectivity index (χ1) is 10.1. The van der Waals surface area contributed by atoms with Crippen molar-refractivity contribution in [1.29, 1.82) is 0 Å². The Balaban J connectivity index is 2.02. The SMILES string of the molecule is CCN(C(=O)COc1ccccc1C(N)=O)C1=CCCC1. The van der Waals surface area contributed by atoms with Gasteiger partial charge in [0.1, 0.15) is 5.75 Å². The van der Waals surface area contributed by atoms with Crippen molar-refractivity contribution in [3.05, 3.63) is 41.6 Å². The zero-order chi connectivity index (χ0) is 15.2. The van der Waals surface area contributed by atoms with Gasteiger partial charge >= 0.3 is 0 Å². The molecule has 0 bridgehead atoms. The summed E-state index contributed by atoms with van der Waals surface area (Å²) in [6.07, 6.45) is 5.13. The number of ether oxygens (including phenoxy) is 1. The summed E-state index contributed by atoms with van der Waals surface area (Å²) in [6.45, 7) is 2.45. The van der Waals surface area contributed by atoms with Gasteiger partial charge in [0, 0.05) is 12.2 Å². The van der Waals surface area contributed by atoms with E-state index < -0.39 is 5.91 Å². The lowest BCUT2D eigenvalue weighted by Gasteiger charge is -2.22. The van der Waals surface area contributed by atoms with Crippen LogP contribution in [0.25, 0.3) is 0 Å². The molecule has 2 N–H and O–H groups in total. The van der Waals surface area contributed by atoms with Crippen molar-refractivity contribution in [2.24, 2.45) is 5.73 Å². The second-order valence-corrected chi connectivity index (χ2v) is 4.87. The highest BCUT2D eigenvalue weighted by Crippen LogP contribution is 2.22. The summed E-state index contributed by atoms with van der Waals surface area (Å²) in [6, 6.07) is 6.66. The van der Waals surface area contributed by atoms with E-state index in [1.165, 1.54) is 0 Å². The van der Waals surface area contributed by atoms with Gasteiger partial charge in [-0.05, 0) is 38.3 Å². The summed E-state index contributed by atoms with van der Waals surface area (Å²) in [4.78, 5) is 25.3. The number of nitrogens with two attached hydrogens (primary N) is 1. The van der Waals surface area contributed by atoms with E-state index in [1.807, 2.05) is 6.92 Å². The molecule has 1 aromatic carbocycles.